The van der Waals surface area contributed by atoms with Crippen LogP contribution in [0, 0.1) is 5.92 Å². The van der Waals surface area contributed by atoms with Crippen LogP contribution in [0.5, 0.6) is 0 Å². The lowest BCUT2D eigenvalue weighted by Crippen LogP contribution is -1.99. The molecule has 0 heterocycles. The van der Waals surface area contributed by atoms with Gasteiger partial charge >= 0.3 is 0 Å². The molecule has 0 aliphatic rings. The minimum atomic E-state index is 0.326. The zero-order chi connectivity index (χ0) is 7.82. The molecule has 0 aromatic rings. The number of aldehydes is 1. The number of hydrogen-bond donors (Lipinski definition) is 0. The highest BCUT2D eigenvalue weighted by molar-refractivity contribution is 5.53. The normalized spacial score (nSPS) is 13.0. The summed E-state index contributed by atoms with van der Waals surface area (Å²) in [6, 6.07) is 0. The fourth-order valence-corrected chi connectivity index (χ4v) is 1.02. The number of carbonyl (C=O) groups excluding carboxylic acids is 1. The lowest BCUT2D eigenvalue weighted by atomic mass is 10.0. The summed E-state index contributed by atoms with van der Waals surface area (Å²) in [4.78, 5) is 10.3. The molecule has 0 bridgehead atoms. The van der Waals surface area contributed by atoms with Gasteiger partial charge in [-0.15, -0.1) is 0 Å². The van der Waals surface area contributed by atoms with E-state index in [9.17, 15) is 4.79 Å². The van der Waals surface area contributed by atoms with E-state index in [0.29, 0.717) is 5.92 Å². The molecule has 0 saturated carbocycles. The van der Waals surface area contributed by atoms with Crippen molar-refractivity contribution in [2.75, 3.05) is 0 Å². The summed E-state index contributed by atoms with van der Waals surface area (Å²) in [6.45, 7) is 4.26. The Morgan fingerprint density at radius 1 is 1.30 bits per heavy atom. The highest BCUT2D eigenvalue weighted by Crippen LogP contribution is 2.10. The first-order valence-corrected chi connectivity index (χ1v) is 4.30. The van der Waals surface area contributed by atoms with Crippen LogP contribution in [0.2, 0.25) is 0 Å². The first-order chi connectivity index (χ1) is 4.85. The van der Waals surface area contributed by atoms with Crippen molar-refractivity contribution in [1.29, 1.82) is 0 Å². The predicted octanol–water partition coefficient (Wildman–Crippen LogP) is 2.79. The quantitative estimate of drug-likeness (QED) is 0.411. The van der Waals surface area contributed by atoms with Crippen LogP contribution in [0.4, 0.5) is 0 Å². The molecule has 0 aliphatic carbocycles. The van der Waals surface area contributed by atoms with Crippen molar-refractivity contribution in [3.63, 3.8) is 0 Å². The fourth-order valence-electron chi connectivity index (χ4n) is 1.02. The van der Waals surface area contributed by atoms with E-state index in [1.807, 2.05) is 0 Å². The molecule has 0 saturated heterocycles. The molecule has 0 radical (unpaired) electrons. The van der Waals surface area contributed by atoms with E-state index in [-0.39, 0.29) is 0 Å². The molecule has 0 aromatic heterocycles. The number of carbonyl (C=O) groups is 1. The topological polar surface area (TPSA) is 17.1 Å². The van der Waals surface area contributed by atoms with Crippen molar-refractivity contribution in [2.24, 2.45) is 5.92 Å². The Bertz CT molecular complexity index is 78.8. The van der Waals surface area contributed by atoms with Crippen LogP contribution in [0.15, 0.2) is 0 Å². The van der Waals surface area contributed by atoms with Crippen LogP contribution in [0.3, 0.4) is 0 Å². The van der Waals surface area contributed by atoms with Gasteiger partial charge in [0, 0.05) is 5.92 Å². The van der Waals surface area contributed by atoms with Gasteiger partial charge in [-0.25, -0.2) is 0 Å². The molecule has 60 valence electrons. The van der Waals surface area contributed by atoms with Gasteiger partial charge in [0.1, 0.15) is 6.29 Å². The molecule has 1 nitrogen and oxygen atoms in total. The first kappa shape index (κ1) is 9.67. The van der Waals surface area contributed by atoms with Crippen molar-refractivity contribution < 1.29 is 4.79 Å². The van der Waals surface area contributed by atoms with E-state index in [1.54, 1.807) is 0 Å². The lowest BCUT2D eigenvalue weighted by molar-refractivity contribution is -0.111. The minimum Gasteiger partial charge on any atom is -0.303 e. The number of rotatable bonds is 6. The van der Waals surface area contributed by atoms with Crippen LogP contribution in [-0.4, -0.2) is 6.29 Å². The summed E-state index contributed by atoms with van der Waals surface area (Å²) in [5, 5.41) is 0. The van der Waals surface area contributed by atoms with Crippen molar-refractivity contribution in [1.82, 2.24) is 0 Å². The molecule has 0 spiro atoms. The summed E-state index contributed by atoms with van der Waals surface area (Å²) in [6.07, 6.45) is 6.92. The Hall–Kier alpha value is -0.330. The molecule has 10 heavy (non-hydrogen) atoms. The Morgan fingerprint density at radius 2 is 2.00 bits per heavy atom. The van der Waals surface area contributed by atoms with E-state index in [2.05, 4.69) is 13.8 Å². The largest absolute Gasteiger partial charge is 0.303 e. The average molecular weight is 142 g/mol. The Labute approximate surface area is 63.8 Å². The maximum absolute atomic E-state index is 10.3. The van der Waals surface area contributed by atoms with E-state index < -0.39 is 0 Å². The second-order valence-electron chi connectivity index (χ2n) is 2.80. The van der Waals surface area contributed by atoms with Gasteiger partial charge in [-0.05, 0) is 12.8 Å². The van der Waals surface area contributed by atoms with Crippen LogP contribution < -0.4 is 0 Å². The van der Waals surface area contributed by atoms with E-state index in [4.69, 9.17) is 0 Å². The van der Waals surface area contributed by atoms with Gasteiger partial charge in [0.2, 0.25) is 0 Å². The number of unbranched alkanes of at least 4 members (excludes halogenated alkanes) is 2. The second kappa shape index (κ2) is 6.79. The van der Waals surface area contributed by atoms with Gasteiger partial charge in [-0.1, -0.05) is 33.1 Å². The molecule has 1 atom stereocenters. The van der Waals surface area contributed by atoms with Crippen LogP contribution in [0.25, 0.3) is 0 Å². The van der Waals surface area contributed by atoms with Crippen LogP contribution in [-0.2, 0) is 4.79 Å². The maximum Gasteiger partial charge on any atom is 0.123 e. The third-order valence-electron chi connectivity index (χ3n) is 1.90. The van der Waals surface area contributed by atoms with Crippen molar-refractivity contribution in [3.8, 4) is 0 Å². The average Bonchev–Trinajstić information content (AvgIpc) is 1.99. The lowest BCUT2D eigenvalue weighted by Gasteiger charge is -2.04. The minimum absolute atomic E-state index is 0.326. The zero-order valence-electron chi connectivity index (χ0n) is 7.10. The summed E-state index contributed by atoms with van der Waals surface area (Å²) >= 11 is 0. The first-order valence-electron chi connectivity index (χ1n) is 4.30. The number of hydrogen-bond acceptors (Lipinski definition) is 1. The predicted molar refractivity (Wildman–Crippen MR) is 44.0 cm³/mol. The smallest absolute Gasteiger partial charge is 0.123 e. The SMILES string of the molecule is CCCCC[C@@H](C=O)CC. The van der Waals surface area contributed by atoms with Crippen molar-refractivity contribution >= 4 is 6.29 Å². The summed E-state index contributed by atoms with van der Waals surface area (Å²) in [7, 11) is 0. The highest BCUT2D eigenvalue weighted by atomic mass is 16.1. The Balaban J connectivity index is 3.17. The van der Waals surface area contributed by atoms with E-state index >= 15 is 0 Å². The molecule has 0 fully saturated rings. The third kappa shape index (κ3) is 4.54. The molecule has 0 N–H and O–H groups in total. The van der Waals surface area contributed by atoms with Gasteiger partial charge in [-0.3, -0.25) is 0 Å². The molecule has 0 rings (SSSR count). The van der Waals surface area contributed by atoms with Crippen molar-refractivity contribution in [2.45, 2.75) is 46.0 Å². The van der Waals surface area contributed by atoms with Gasteiger partial charge < -0.3 is 4.79 Å². The zero-order valence-corrected chi connectivity index (χ0v) is 7.10. The Morgan fingerprint density at radius 3 is 2.40 bits per heavy atom. The molecule has 0 aliphatic heterocycles. The molecule has 1 heteroatoms. The highest BCUT2D eigenvalue weighted by Gasteiger charge is 2.01. The van der Waals surface area contributed by atoms with Crippen LogP contribution >= 0.6 is 0 Å². The van der Waals surface area contributed by atoms with Crippen molar-refractivity contribution in [3.05, 3.63) is 0 Å². The Kier molecular flexibility index (Phi) is 6.56. The summed E-state index contributed by atoms with van der Waals surface area (Å²) in [5.74, 6) is 0.326. The molecule has 0 amide bonds. The maximum atomic E-state index is 10.3. The molecule has 0 unspecified atom stereocenters. The summed E-state index contributed by atoms with van der Waals surface area (Å²) in [5.41, 5.74) is 0. The van der Waals surface area contributed by atoms with Gasteiger partial charge in [-0.2, -0.15) is 0 Å². The standard InChI is InChI=1S/C9H18O/c1-3-5-6-7-9(4-2)8-10/h8-9H,3-7H2,1-2H3/t9-/m0/s1. The summed E-state index contributed by atoms with van der Waals surface area (Å²) < 4.78 is 0. The fraction of sp³-hybridized carbons (Fsp3) is 0.889. The van der Waals surface area contributed by atoms with Gasteiger partial charge in [0.15, 0.2) is 0 Å². The van der Waals surface area contributed by atoms with E-state index in [1.165, 1.54) is 19.3 Å². The molecule has 0 aromatic carbocycles. The van der Waals surface area contributed by atoms with Crippen LogP contribution in [0.1, 0.15) is 46.0 Å². The van der Waals surface area contributed by atoms with Gasteiger partial charge in [0.05, 0.1) is 0 Å². The third-order valence-corrected chi connectivity index (χ3v) is 1.90. The monoisotopic (exact) mass is 142 g/mol. The molecular formula is C9H18O. The van der Waals surface area contributed by atoms with E-state index in [0.717, 1.165) is 19.1 Å². The van der Waals surface area contributed by atoms with Gasteiger partial charge in [0.25, 0.3) is 0 Å². The molecular weight excluding hydrogens is 124 g/mol. The second-order valence-corrected chi connectivity index (χ2v) is 2.80.